The highest BCUT2D eigenvalue weighted by atomic mass is 19.4. The number of aryl methyl sites for hydroxylation is 1. The lowest BCUT2D eigenvalue weighted by molar-refractivity contribution is -0.455. The number of allylic oxidation sites excluding steroid dienone is 5. The Morgan fingerprint density at radius 3 is 2.08 bits per heavy atom. The van der Waals surface area contributed by atoms with Crippen molar-refractivity contribution < 1.29 is 27.6 Å². The molecule has 0 aromatic heterocycles. The monoisotopic (exact) mass is 659 g/mol. The van der Waals surface area contributed by atoms with Gasteiger partial charge in [-0.2, -0.15) is 17.7 Å². The molecule has 4 aromatic rings. The highest BCUT2D eigenvalue weighted by Crippen LogP contribution is 2.50. The molecule has 0 spiro atoms. The van der Waals surface area contributed by atoms with Gasteiger partial charge in [0.25, 0.3) is 0 Å². The van der Waals surface area contributed by atoms with Gasteiger partial charge in [-0.25, -0.2) is 0 Å². The van der Waals surface area contributed by atoms with Crippen LogP contribution >= 0.6 is 0 Å². The minimum absolute atomic E-state index is 0.116. The van der Waals surface area contributed by atoms with E-state index in [-0.39, 0.29) is 22.7 Å². The molecule has 3 aliphatic rings. The van der Waals surface area contributed by atoms with Crippen molar-refractivity contribution in [3.05, 3.63) is 165 Å². The van der Waals surface area contributed by atoms with Crippen molar-refractivity contribution in [3.8, 4) is 0 Å². The van der Waals surface area contributed by atoms with Crippen LogP contribution in [0.3, 0.4) is 0 Å². The lowest BCUT2D eigenvalue weighted by atomic mass is 9.77. The Bertz CT molecular complexity index is 2140. The molecule has 7 rings (SSSR count). The summed E-state index contributed by atoms with van der Waals surface area (Å²) in [5.74, 6) is -0.419. The van der Waals surface area contributed by atoms with Gasteiger partial charge in [-0.15, -0.1) is 0 Å². The number of alkyl halides is 3. The molecule has 4 aromatic carbocycles. The summed E-state index contributed by atoms with van der Waals surface area (Å²) in [5, 5.41) is 11.5. The summed E-state index contributed by atoms with van der Waals surface area (Å²) in [6, 6.07) is 30.0. The number of anilines is 1. The van der Waals surface area contributed by atoms with Crippen LogP contribution in [0.2, 0.25) is 0 Å². The van der Waals surface area contributed by atoms with Crippen molar-refractivity contribution in [2.24, 2.45) is 0 Å². The normalized spacial score (nSPS) is 19.5. The summed E-state index contributed by atoms with van der Waals surface area (Å²) in [5.41, 5.74) is 6.43. The molecule has 2 heterocycles. The number of hydrogen-bond acceptors (Lipinski definition) is 3. The third kappa shape index (κ3) is 5.41. The number of nitrogens with zero attached hydrogens (tertiary/aromatic N) is 2. The maximum Gasteiger partial charge on any atom is 0.416 e. The molecule has 2 aliphatic heterocycles. The molecule has 7 heteroatoms. The minimum atomic E-state index is -4.50. The Labute approximate surface area is 284 Å². The van der Waals surface area contributed by atoms with E-state index in [9.17, 15) is 23.1 Å². The van der Waals surface area contributed by atoms with Gasteiger partial charge in [0.15, 0.2) is 12.3 Å². The van der Waals surface area contributed by atoms with E-state index in [1.807, 2.05) is 73.0 Å². The molecule has 0 bridgehead atoms. The third-order valence-corrected chi connectivity index (χ3v) is 10.2. The van der Waals surface area contributed by atoms with Gasteiger partial charge in [0.2, 0.25) is 11.5 Å². The zero-order valence-corrected chi connectivity index (χ0v) is 28.2. The lowest BCUT2D eigenvalue weighted by Gasteiger charge is -2.29. The van der Waals surface area contributed by atoms with Crippen LogP contribution in [0.25, 0.3) is 0 Å². The molecule has 0 radical (unpaired) electrons. The summed E-state index contributed by atoms with van der Waals surface area (Å²) >= 11 is 0. The van der Waals surface area contributed by atoms with Gasteiger partial charge in [-0.05, 0) is 56.2 Å². The number of benzene rings is 4. The van der Waals surface area contributed by atoms with E-state index < -0.39 is 22.6 Å². The highest BCUT2D eigenvalue weighted by molar-refractivity contribution is 6.24. The lowest BCUT2D eigenvalue weighted by Crippen LogP contribution is -2.32. The van der Waals surface area contributed by atoms with Crippen LogP contribution < -0.4 is 4.90 Å². The second kappa shape index (κ2) is 11.5. The number of rotatable bonds is 6. The molecule has 0 saturated carbocycles. The third-order valence-electron chi connectivity index (χ3n) is 10.2. The fourth-order valence-electron chi connectivity index (χ4n) is 7.42. The molecule has 0 saturated heterocycles. The standard InChI is InChI=1S/C42H37F3N2O2/c1-26-16-18-34-32(20-26)40(2,3)36(46(34)24-27-12-8-6-9-13-27)22-30-38(48)31(39(30)49)23-37-41(4,5)33-21-29(42(43,44)45)17-19-35(33)47(37)25-28-14-10-7-11-15-28/h6-23H,24-25H2,1-5H3/p+1. The van der Waals surface area contributed by atoms with Crippen LogP contribution in [0, 0.1) is 6.92 Å². The summed E-state index contributed by atoms with van der Waals surface area (Å²) in [6.07, 6.45) is -1.02. The van der Waals surface area contributed by atoms with Crippen LogP contribution in [-0.4, -0.2) is 21.2 Å². The first-order valence-corrected chi connectivity index (χ1v) is 16.4. The summed E-state index contributed by atoms with van der Waals surface area (Å²) in [7, 11) is 0. The maximum absolute atomic E-state index is 14.0. The Balaban J connectivity index is 1.33. The largest absolute Gasteiger partial charge is 0.506 e. The summed E-state index contributed by atoms with van der Waals surface area (Å²) in [4.78, 5) is 16.2. The van der Waals surface area contributed by atoms with Crippen LogP contribution in [0.4, 0.5) is 24.5 Å². The van der Waals surface area contributed by atoms with Crippen LogP contribution in [0.15, 0.2) is 132 Å². The summed E-state index contributed by atoms with van der Waals surface area (Å²) < 4.78 is 43.4. The van der Waals surface area contributed by atoms with Crippen molar-refractivity contribution in [3.63, 3.8) is 0 Å². The molecule has 0 fully saturated rings. The Kier molecular flexibility index (Phi) is 7.58. The van der Waals surface area contributed by atoms with Gasteiger partial charge < -0.3 is 10.0 Å². The van der Waals surface area contributed by atoms with Gasteiger partial charge in [0, 0.05) is 46.6 Å². The maximum atomic E-state index is 14.0. The first kappa shape index (κ1) is 32.4. The SMILES string of the molecule is Cc1ccc2c(c1)C(C)(C)/C(=C/C1=C(O)C(=C\C3=[N+](Cc4ccccc4)c4ccc(C(F)(F)F)cc4C3(C)C)/C1=O)N2Cc1ccccc1. The number of carbonyl (C=O) groups excluding carboxylic acids is 1. The van der Waals surface area contributed by atoms with Gasteiger partial charge in [0.1, 0.15) is 5.76 Å². The van der Waals surface area contributed by atoms with E-state index in [1.54, 1.807) is 6.08 Å². The van der Waals surface area contributed by atoms with Crippen molar-refractivity contribution in [1.29, 1.82) is 0 Å². The molecule has 0 unspecified atom stereocenters. The molecule has 1 N–H and O–H groups in total. The molecule has 0 atom stereocenters. The van der Waals surface area contributed by atoms with Gasteiger partial charge in [-0.1, -0.05) is 92.2 Å². The second-order valence-electron chi connectivity index (χ2n) is 14.2. The van der Waals surface area contributed by atoms with E-state index in [2.05, 4.69) is 56.0 Å². The fourth-order valence-corrected chi connectivity index (χ4v) is 7.42. The predicted octanol–water partition coefficient (Wildman–Crippen LogP) is 9.79. The number of aliphatic hydroxyl groups is 1. The molecular formula is C42H38F3N2O2+. The average molecular weight is 660 g/mol. The van der Waals surface area contributed by atoms with E-state index >= 15 is 0 Å². The average Bonchev–Trinajstić information content (AvgIpc) is 3.40. The van der Waals surface area contributed by atoms with E-state index in [0.29, 0.717) is 30.1 Å². The van der Waals surface area contributed by atoms with Crippen molar-refractivity contribution in [2.75, 3.05) is 4.90 Å². The molecule has 49 heavy (non-hydrogen) atoms. The summed E-state index contributed by atoms with van der Waals surface area (Å²) in [6.45, 7) is 11.0. The first-order valence-electron chi connectivity index (χ1n) is 16.4. The van der Waals surface area contributed by atoms with Gasteiger partial charge >= 0.3 is 6.18 Å². The van der Waals surface area contributed by atoms with E-state index in [0.717, 1.165) is 39.7 Å². The van der Waals surface area contributed by atoms with E-state index in [1.165, 1.54) is 12.1 Å². The minimum Gasteiger partial charge on any atom is -0.506 e. The Morgan fingerprint density at radius 2 is 1.45 bits per heavy atom. The Hall–Kier alpha value is -5.17. The highest BCUT2D eigenvalue weighted by Gasteiger charge is 2.48. The van der Waals surface area contributed by atoms with Gasteiger partial charge in [-0.3, -0.25) is 4.79 Å². The van der Waals surface area contributed by atoms with Crippen molar-refractivity contribution >= 4 is 22.9 Å². The number of Topliss-reactive ketones (excluding diaryl/α,β-unsaturated/α-hetero) is 1. The number of fused-ring (bicyclic) bond motifs is 2. The Morgan fingerprint density at radius 1 is 0.796 bits per heavy atom. The van der Waals surface area contributed by atoms with Crippen LogP contribution in [0.5, 0.6) is 0 Å². The molecule has 1 aliphatic carbocycles. The van der Waals surface area contributed by atoms with E-state index in [4.69, 9.17) is 0 Å². The first-order chi connectivity index (χ1) is 23.2. The van der Waals surface area contributed by atoms with Crippen molar-refractivity contribution in [2.45, 2.75) is 64.7 Å². The predicted molar refractivity (Wildman–Crippen MR) is 187 cm³/mol. The van der Waals surface area contributed by atoms with Gasteiger partial charge in [0.05, 0.1) is 22.1 Å². The topological polar surface area (TPSA) is 43.6 Å². The number of halogens is 3. The van der Waals surface area contributed by atoms with Crippen LogP contribution in [0.1, 0.15) is 61.1 Å². The smallest absolute Gasteiger partial charge is 0.416 e. The second-order valence-corrected chi connectivity index (χ2v) is 14.2. The molecule has 4 nitrogen and oxygen atoms in total. The quantitative estimate of drug-likeness (QED) is 0.166. The zero-order valence-electron chi connectivity index (χ0n) is 28.2. The number of ketones is 1. The fraction of sp³-hybridized carbons (Fsp3) is 0.238. The number of carbonyl (C=O) groups is 1. The molecule has 248 valence electrons. The van der Waals surface area contributed by atoms with Crippen molar-refractivity contribution in [1.82, 2.24) is 0 Å². The number of hydrogen-bond donors (Lipinski definition) is 1. The number of aliphatic hydroxyl groups excluding tert-OH is 1. The molecular weight excluding hydrogens is 621 g/mol. The van der Waals surface area contributed by atoms with Crippen LogP contribution in [-0.2, 0) is 34.9 Å². The zero-order chi connectivity index (χ0) is 34.9. The molecule has 0 amide bonds.